The van der Waals surface area contributed by atoms with Crippen LogP contribution >= 0.6 is 0 Å². The summed E-state index contributed by atoms with van der Waals surface area (Å²) in [6.45, 7) is 0. The number of nitrogens with one attached hydrogen (secondary N) is 1. The number of hydrogen-bond acceptors (Lipinski definition) is 2. The zero-order valence-electron chi connectivity index (χ0n) is 9.42. The molecular weight excluding hydrogens is 295 g/mol. The van der Waals surface area contributed by atoms with Gasteiger partial charge in [-0.3, -0.25) is 0 Å². The average Bonchev–Trinajstić information content (AvgIpc) is 2.15. The van der Waals surface area contributed by atoms with E-state index in [4.69, 9.17) is 0 Å². The molecule has 15 heavy (non-hydrogen) atoms. The van der Waals surface area contributed by atoms with Gasteiger partial charge in [-0.25, -0.2) is 0 Å². The second-order valence-electron chi connectivity index (χ2n) is 4.98. The molecule has 0 unspecified atom stereocenters. The molecule has 2 rings (SSSR count). The predicted molar refractivity (Wildman–Crippen MR) is 64.2 cm³/mol. The SMILES string of the molecule is [CH3][Sn]([CH3])([CH3])[c]1ccnc2c1CCC(=O)N2. The van der Waals surface area contributed by atoms with Crippen LogP contribution in [0.5, 0.6) is 0 Å². The Balaban J connectivity index is 2.51. The van der Waals surface area contributed by atoms with Crippen LogP contribution in [0.4, 0.5) is 5.82 Å². The summed E-state index contributed by atoms with van der Waals surface area (Å²) in [4.78, 5) is 22.7. The summed E-state index contributed by atoms with van der Waals surface area (Å²) in [7, 11) is 0. The standard InChI is InChI=1S/C8H7N2O.3CH3.Sn/c11-7-4-3-6-2-1-5-9-8(6)10-7;;;;/h1,5H,3-4H2,(H,9,10,11);3*1H3;. The zero-order valence-corrected chi connectivity index (χ0v) is 12.3. The first kappa shape index (κ1) is 10.9. The molecule has 1 aliphatic rings. The number of carbonyl (C=O) groups is 1. The van der Waals surface area contributed by atoms with Gasteiger partial charge in [-0.15, -0.1) is 0 Å². The summed E-state index contributed by atoms with van der Waals surface area (Å²) < 4.78 is 1.49. The Morgan fingerprint density at radius 1 is 1.33 bits per heavy atom. The van der Waals surface area contributed by atoms with Crippen LogP contribution in [0.2, 0.25) is 14.8 Å². The zero-order chi connectivity index (χ0) is 11.1. The van der Waals surface area contributed by atoms with E-state index in [1.165, 1.54) is 9.14 Å². The van der Waals surface area contributed by atoms with Crippen LogP contribution in [0.1, 0.15) is 12.0 Å². The molecule has 0 bridgehead atoms. The first-order valence-electron chi connectivity index (χ1n) is 5.27. The van der Waals surface area contributed by atoms with Crippen molar-refractivity contribution in [2.45, 2.75) is 27.7 Å². The van der Waals surface area contributed by atoms with Crippen molar-refractivity contribution in [2.75, 3.05) is 5.32 Å². The Morgan fingerprint density at radius 3 is 2.73 bits per heavy atom. The van der Waals surface area contributed by atoms with Crippen LogP contribution < -0.4 is 8.90 Å². The molecule has 2 heterocycles. The summed E-state index contributed by atoms with van der Waals surface area (Å²) in [6, 6.07) is 2.15. The maximum absolute atomic E-state index is 11.3. The van der Waals surface area contributed by atoms with Crippen molar-refractivity contribution in [1.82, 2.24) is 4.98 Å². The van der Waals surface area contributed by atoms with Crippen LogP contribution in [-0.4, -0.2) is 29.3 Å². The van der Waals surface area contributed by atoms with Gasteiger partial charge in [0, 0.05) is 0 Å². The number of anilines is 1. The summed E-state index contributed by atoms with van der Waals surface area (Å²) in [5.74, 6) is 0.895. The number of amides is 1. The predicted octanol–water partition coefficient (Wildman–Crippen LogP) is 1.51. The second kappa shape index (κ2) is 3.77. The van der Waals surface area contributed by atoms with Crippen molar-refractivity contribution in [3.63, 3.8) is 0 Å². The summed E-state index contributed by atoms with van der Waals surface area (Å²) in [5, 5.41) is 2.86. The first-order valence-corrected chi connectivity index (χ1v) is 15.3. The van der Waals surface area contributed by atoms with Crippen LogP contribution in [0.3, 0.4) is 0 Å². The molecule has 0 aliphatic carbocycles. The fourth-order valence-corrected chi connectivity index (χ4v) is 6.91. The number of hydrogen-bond donors (Lipinski definition) is 1. The fraction of sp³-hybridized carbons (Fsp3) is 0.455. The van der Waals surface area contributed by atoms with Gasteiger partial charge in [0.25, 0.3) is 0 Å². The molecule has 1 aliphatic heterocycles. The van der Waals surface area contributed by atoms with E-state index in [9.17, 15) is 4.79 Å². The third kappa shape index (κ3) is 2.17. The Kier molecular flexibility index (Phi) is 2.75. The van der Waals surface area contributed by atoms with Gasteiger partial charge in [0.15, 0.2) is 0 Å². The number of aromatic nitrogens is 1. The third-order valence-corrected chi connectivity index (χ3v) is 8.67. The van der Waals surface area contributed by atoms with E-state index < -0.39 is 18.4 Å². The van der Waals surface area contributed by atoms with Gasteiger partial charge in [0.05, 0.1) is 0 Å². The first-order chi connectivity index (χ1) is 6.98. The molecule has 0 saturated carbocycles. The van der Waals surface area contributed by atoms with E-state index in [0.29, 0.717) is 6.42 Å². The van der Waals surface area contributed by atoms with Crippen LogP contribution in [0.25, 0.3) is 0 Å². The topological polar surface area (TPSA) is 42.0 Å². The van der Waals surface area contributed by atoms with Crippen molar-refractivity contribution in [2.24, 2.45) is 0 Å². The Hall–Kier alpha value is -0.581. The average molecular weight is 311 g/mol. The van der Waals surface area contributed by atoms with Crippen LogP contribution in [0.15, 0.2) is 12.3 Å². The number of rotatable bonds is 1. The number of pyridine rings is 1. The molecule has 0 fully saturated rings. The molecule has 80 valence electrons. The minimum absolute atomic E-state index is 0.0938. The van der Waals surface area contributed by atoms with E-state index in [1.807, 2.05) is 6.20 Å². The normalized spacial score (nSPS) is 15.8. The van der Waals surface area contributed by atoms with Gasteiger partial charge < -0.3 is 0 Å². The van der Waals surface area contributed by atoms with E-state index >= 15 is 0 Å². The molecule has 4 heteroatoms. The van der Waals surface area contributed by atoms with E-state index in [0.717, 1.165) is 12.2 Å². The molecule has 1 N–H and O–H groups in total. The van der Waals surface area contributed by atoms with Crippen LogP contribution in [-0.2, 0) is 11.2 Å². The van der Waals surface area contributed by atoms with Gasteiger partial charge in [0.1, 0.15) is 0 Å². The van der Waals surface area contributed by atoms with Crippen molar-refractivity contribution < 1.29 is 4.79 Å². The van der Waals surface area contributed by atoms with E-state index in [1.54, 1.807) is 0 Å². The Morgan fingerprint density at radius 2 is 2.07 bits per heavy atom. The molecule has 1 aromatic heterocycles. The Bertz CT molecular complexity index is 410. The van der Waals surface area contributed by atoms with Crippen molar-refractivity contribution in [1.29, 1.82) is 0 Å². The third-order valence-electron chi connectivity index (χ3n) is 2.72. The van der Waals surface area contributed by atoms with Crippen LogP contribution in [0, 0.1) is 0 Å². The molecular formula is C11H16N2OSn. The van der Waals surface area contributed by atoms with Gasteiger partial charge in [-0.05, 0) is 0 Å². The van der Waals surface area contributed by atoms with E-state index in [-0.39, 0.29) is 5.91 Å². The second-order valence-corrected chi connectivity index (χ2v) is 19.4. The van der Waals surface area contributed by atoms with Crippen molar-refractivity contribution in [3.8, 4) is 0 Å². The number of fused-ring (bicyclic) bond motifs is 1. The maximum atomic E-state index is 11.3. The van der Waals surface area contributed by atoms with Gasteiger partial charge in [-0.1, -0.05) is 0 Å². The molecule has 0 saturated heterocycles. The summed E-state index contributed by atoms with van der Waals surface area (Å²) >= 11 is -2.06. The van der Waals surface area contributed by atoms with Crippen molar-refractivity contribution >= 4 is 33.7 Å². The quantitative estimate of drug-likeness (QED) is 0.799. The molecule has 0 radical (unpaired) electrons. The molecule has 1 amide bonds. The van der Waals surface area contributed by atoms with E-state index in [2.05, 4.69) is 31.2 Å². The number of nitrogens with zero attached hydrogens (tertiary/aromatic N) is 1. The van der Waals surface area contributed by atoms with Crippen molar-refractivity contribution in [3.05, 3.63) is 17.8 Å². The monoisotopic (exact) mass is 312 g/mol. The summed E-state index contributed by atoms with van der Waals surface area (Å²) in [5.41, 5.74) is 1.29. The van der Waals surface area contributed by atoms with Gasteiger partial charge >= 0.3 is 94.3 Å². The van der Waals surface area contributed by atoms with Gasteiger partial charge in [0.2, 0.25) is 0 Å². The molecule has 0 spiro atoms. The Labute approximate surface area is 94.2 Å². The fourth-order valence-electron chi connectivity index (χ4n) is 1.99. The molecule has 0 atom stereocenters. The number of carbonyl (C=O) groups excluding carboxylic acids is 1. The molecule has 0 aromatic carbocycles. The molecule has 3 nitrogen and oxygen atoms in total. The molecule has 1 aromatic rings. The summed E-state index contributed by atoms with van der Waals surface area (Å²) in [6.07, 6.45) is 3.29. The van der Waals surface area contributed by atoms with Gasteiger partial charge in [-0.2, -0.15) is 0 Å². The minimum atomic E-state index is -2.06.